The molecule has 0 unspecified atom stereocenters. The minimum absolute atomic E-state index is 0. The van der Waals surface area contributed by atoms with Gasteiger partial charge in [0, 0.05) is 31.3 Å². The molecule has 37 heavy (non-hydrogen) atoms. The highest BCUT2D eigenvalue weighted by molar-refractivity contribution is 8.93. The molecule has 204 valence electrons. The van der Waals surface area contributed by atoms with Crippen LogP contribution in [0.1, 0.15) is 68.6 Å². The SMILES string of the molecule is Br.CCOc1cc2c(c(F)c1OCC)C(=N)N(CC(=O)c1cc(N(C)CC)c(OC)c(C(C)(C)C)c1)C2. The van der Waals surface area contributed by atoms with Crippen LogP contribution in [0, 0.1) is 11.2 Å². The number of carbonyl (C=O) groups excluding carboxylic acids is 1. The van der Waals surface area contributed by atoms with E-state index in [9.17, 15) is 4.79 Å². The summed E-state index contributed by atoms with van der Waals surface area (Å²) in [6.45, 7) is 13.4. The van der Waals surface area contributed by atoms with Gasteiger partial charge in [0.25, 0.3) is 0 Å². The summed E-state index contributed by atoms with van der Waals surface area (Å²) in [7, 11) is 3.60. The van der Waals surface area contributed by atoms with Gasteiger partial charge in [-0.2, -0.15) is 0 Å². The van der Waals surface area contributed by atoms with Gasteiger partial charge in [0.15, 0.2) is 23.1 Å². The smallest absolute Gasteiger partial charge is 0.197 e. The van der Waals surface area contributed by atoms with Crippen LogP contribution in [-0.4, -0.2) is 57.0 Å². The zero-order chi connectivity index (χ0) is 26.8. The first-order valence-corrected chi connectivity index (χ1v) is 12.4. The van der Waals surface area contributed by atoms with Crippen molar-refractivity contribution in [2.75, 3.05) is 45.4 Å². The maximum atomic E-state index is 15.4. The summed E-state index contributed by atoms with van der Waals surface area (Å²) in [4.78, 5) is 17.2. The third-order valence-corrected chi connectivity index (χ3v) is 6.40. The lowest BCUT2D eigenvalue weighted by Gasteiger charge is -2.28. The van der Waals surface area contributed by atoms with Crippen LogP contribution in [0.25, 0.3) is 0 Å². The molecule has 1 heterocycles. The largest absolute Gasteiger partial charge is 0.494 e. The van der Waals surface area contributed by atoms with Gasteiger partial charge >= 0.3 is 0 Å². The molecule has 1 aliphatic heterocycles. The molecule has 0 aromatic heterocycles. The van der Waals surface area contributed by atoms with Crippen LogP contribution in [0.5, 0.6) is 17.2 Å². The first-order valence-electron chi connectivity index (χ1n) is 12.4. The molecule has 2 aromatic rings. The Morgan fingerprint density at radius 2 is 1.76 bits per heavy atom. The maximum Gasteiger partial charge on any atom is 0.197 e. The summed E-state index contributed by atoms with van der Waals surface area (Å²) in [5.41, 5.74) is 2.81. The number of halogens is 2. The predicted octanol–water partition coefficient (Wildman–Crippen LogP) is 5.99. The van der Waals surface area contributed by atoms with E-state index in [1.807, 2.05) is 37.9 Å². The number of rotatable bonds is 10. The Morgan fingerprint density at radius 1 is 1.11 bits per heavy atom. The van der Waals surface area contributed by atoms with Crippen molar-refractivity contribution in [3.05, 3.63) is 46.3 Å². The van der Waals surface area contributed by atoms with Gasteiger partial charge in [0.2, 0.25) is 0 Å². The first-order chi connectivity index (χ1) is 17.0. The minimum atomic E-state index is -0.621. The number of nitrogens with one attached hydrogen (secondary N) is 1. The number of Topliss-reactive ketones (excluding diaryl/α,β-unsaturated/α-hetero) is 1. The molecule has 2 aromatic carbocycles. The second-order valence-corrected chi connectivity index (χ2v) is 9.89. The Labute approximate surface area is 230 Å². The normalized spacial score (nSPS) is 12.7. The molecule has 3 rings (SSSR count). The van der Waals surface area contributed by atoms with Crippen molar-refractivity contribution in [3.63, 3.8) is 0 Å². The monoisotopic (exact) mass is 579 g/mol. The van der Waals surface area contributed by atoms with Crippen LogP contribution in [0.15, 0.2) is 18.2 Å². The molecule has 0 spiro atoms. The molecule has 1 aliphatic rings. The van der Waals surface area contributed by atoms with Crippen molar-refractivity contribution in [3.8, 4) is 17.2 Å². The number of fused-ring (bicyclic) bond motifs is 1. The topological polar surface area (TPSA) is 75.1 Å². The van der Waals surface area contributed by atoms with E-state index < -0.39 is 5.82 Å². The Hall–Kier alpha value is -2.81. The number of ether oxygens (including phenoxy) is 3. The fourth-order valence-electron chi connectivity index (χ4n) is 4.42. The summed E-state index contributed by atoms with van der Waals surface area (Å²) in [5, 5.41) is 8.64. The summed E-state index contributed by atoms with van der Waals surface area (Å²) < 4.78 is 32.3. The highest BCUT2D eigenvalue weighted by Crippen LogP contribution is 2.41. The molecule has 0 fully saturated rings. The standard InChI is InChI=1S/C28H38FN3O4.BrH/c1-9-31(7)20-13-17(12-19(25(20)34-8)28(4,5)6)21(33)16-32-15-18-14-22(35-10-2)26(36-11-3)24(29)23(18)27(32)30;/h12-14,30H,9-11,15-16H2,1-8H3;1H. The van der Waals surface area contributed by atoms with Gasteiger partial charge in [-0.25, -0.2) is 4.39 Å². The molecule has 0 saturated heterocycles. The van der Waals surface area contributed by atoms with Gasteiger partial charge in [-0.1, -0.05) is 20.8 Å². The van der Waals surface area contributed by atoms with Crippen LogP contribution in [0.2, 0.25) is 0 Å². The van der Waals surface area contributed by atoms with Gasteiger partial charge < -0.3 is 24.0 Å². The van der Waals surface area contributed by atoms with Crippen molar-refractivity contribution in [2.45, 2.75) is 53.5 Å². The fourth-order valence-corrected chi connectivity index (χ4v) is 4.42. The molecule has 7 nitrogen and oxygen atoms in total. The molecule has 9 heteroatoms. The van der Waals surface area contributed by atoms with E-state index in [1.165, 1.54) is 0 Å². The number of ketones is 1. The van der Waals surface area contributed by atoms with Crippen LogP contribution in [0.3, 0.4) is 0 Å². The van der Waals surface area contributed by atoms with Crippen molar-refractivity contribution in [1.29, 1.82) is 5.41 Å². The molecule has 0 amide bonds. The van der Waals surface area contributed by atoms with Gasteiger partial charge in [-0.15, -0.1) is 17.0 Å². The van der Waals surface area contributed by atoms with Crippen molar-refractivity contribution in [1.82, 2.24) is 4.90 Å². The van der Waals surface area contributed by atoms with E-state index in [-0.39, 0.29) is 65.0 Å². The minimum Gasteiger partial charge on any atom is -0.494 e. The maximum absolute atomic E-state index is 15.4. The number of hydrogen-bond donors (Lipinski definition) is 1. The molecular formula is C28H39BrFN3O4. The van der Waals surface area contributed by atoms with Gasteiger partial charge in [-0.05, 0) is 49.9 Å². The van der Waals surface area contributed by atoms with Crippen LogP contribution in [0.4, 0.5) is 10.1 Å². The lowest BCUT2D eigenvalue weighted by atomic mass is 9.84. The Bertz CT molecular complexity index is 1160. The number of benzene rings is 2. The van der Waals surface area contributed by atoms with Gasteiger partial charge in [-0.3, -0.25) is 10.2 Å². The molecule has 0 saturated carbocycles. The lowest BCUT2D eigenvalue weighted by molar-refractivity contribution is 0.0962. The summed E-state index contributed by atoms with van der Waals surface area (Å²) in [6, 6.07) is 5.43. The Kier molecular flexibility index (Phi) is 9.99. The summed E-state index contributed by atoms with van der Waals surface area (Å²) >= 11 is 0. The lowest BCUT2D eigenvalue weighted by Crippen LogP contribution is -2.31. The predicted molar refractivity (Wildman–Crippen MR) is 151 cm³/mol. The highest BCUT2D eigenvalue weighted by atomic mass is 79.9. The molecule has 0 radical (unpaired) electrons. The molecule has 1 N–H and O–H groups in total. The van der Waals surface area contributed by atoms with Crippen LogP contribution >= 0.6 is 17.0 Å². The molecule has 0 bridgehead atoms. The van der Waals surface area contributed by atoms with E-state index in [4.69, 9.17) is 19.6 Å². The van der Waals surface area contributed by atoms with Gasteiger partial charge in [0.1, 0.15) is 11.6 Å². The van der Waals surface area contributed by atoms with Gasteiger partial charge in [0.05, 0.1) is 38.1 Å². The van der Waals surface area contributed by atoms with E-state index >= 15 is 4.39 Å². The fraction of sp³-hybridized carbons (Fsp3) is 0.500. The average molecular weight is 581 g/mol. The number of nitrogens with zero attached hydrogens (tertiary/aromatic N) is 2. The summed E-state index contributed by atoms with van der Waals surface area (Å²) in [6.07, 6.45) is 0. The quantitative estimate of drug-likeness (QED) is 0.348. The van der Waals surface area contributed by atoms with Crippen molar-refractivity contribution >= 4 is 34.3 Å². The number of anilines is 1. The molecular weight excluding hydrogens is 541 g/mol. The first kappa shape index (κ1) is 30.4. The number of carbonyl (C=O) groups is 1. The van der Waals surface area contributed by atoms with Crippen molar-refractivity contribution < 1.29 is 23.4 Å². The summed E-state index contributed by atoms with van der Waals surface area (Å²) in [5.74, 6) is 0.266. The highest BCUT2D eigenvalue weighted by Gasteiger charge is 2.33. The van der Waals surface area contributed by atoms with Crippen LogP contribution < -0.4 is 19.1 Å². The zero-order valence-electron chi connectivity index (χ0n) is 23.1. The van der Waals surface area contributed by atoms with E-state index in [2.05, 4.69) is 20.8 Å². The van der Waals surface area contributed by atoms with E-state index in [1.54, 1.807) is 25.0 Å². The average Bonchev–Trinajstić information content (AvgIpc) is 3.14. The van der Waals surface area contributed by atoms with Crippen molar-refractivity contribution in [2.24, 2.45) is 0 Å². The second-order valence-electron chi connectivity index (χ2n) is 9.89. The molecule has 0 atom stereocenters. The third kappa shape index (κ3) is 6.03. The number of hydrogen-bond acceptors (Lipinski definition) is 6. The zero-order valence-corrected chi connectivity index (χ0v) is 24.8. The van der Waals surface area contributed by atoms with E-state index in [0.717, 1.165) is 23.5 Å². The number of methoxy groups -OCH3 is 1. The number of amidine groups is 1. The van der Waals surface area contributed by atoms with Crippen LogP contribution in [-0.2, 0) is 12.0 Å². The molecule has 0 aliphatic carbocycles. The third-order valence-electron chi connectivity index (χ3n) is 6.40. The Morgan fingerprint density at radius 3 is 2.30 bits per heavy atom. The Balaban J connectivity index is 0.00000481. The second kappa shape index (κ2) is 12.2. The van der Waals surface area contributed by atoms with E-state index in [0.29, 0.717) is 23.5 Å².